The molecule has 0 bridgehead atoms. The molecule has 0 aromatic heterocycles. The van der Waals surface area contributed by atoms with Crippen molar-refractivity contribution >= 4 is 5.69 Å². The number of anilines is 1. The van der Waals surface area contributed by atoms with Gasteiger partial charge in [0, 0.05) is 12.2 Å². The zero-order valence-corrected chi connectivity index (χ0v) is 9.64. The van der Waals surface area contributed by atoms with Crippen LogP contribution in [0.15, 0.2) is 18.2 Å². The summed E-state index contributed by atoms with van der Waals surface area (Å²) in [5.41, 5.74) is 3.96. The Morgan fingerprint density at radius 1 is 1.40 bits per heavy atom. The summed E-state index contributed by atoms with van der Waals surface area (Å²) in [4.78, 5) is 0. The molecule has 1 fully saturated rings. The average molecular weight is 204 g/mol. The summed E-state index contributed by atoms with van der Waals surface area (Å²) < 4.78 is 0. The van der Waals surface area contributed by atoms with Crippen molar-refractivity contribution in [3.05, 3.63) is 29.3 Å². The smallest absolute Gasteiger partial charge is 0.0372 e. The number of benzene rings is 1. The molecule has 0 radical (unpaired) electrons. The fourth-order valence-corrected chi connectivity index (χ4v) is 2.07. The summed E-state index contributed by atoms with van der Waals surface area (Å²) in [6, 6.07) is 6.58. The van der Waals surface area contributed by atoms with Crippen LogP contribution in [-0.2, 0) is 0 Å². The van der Waals surface area contributed by atoms with Gasteiger partial charge in [0.15, 0.2) is 0 Å². The third-order valence-corrected chi connectivity index (χ3v) is 3.14. The standard InChI is InChI=1S/C13H20N2/c1-10-3-4-11(2)13(7-10)15-9-12-5-6-14-8-12/h3-4,7,12,14-15H,5-6,8-9H2,1-2H3. The van der Waals surface area contributed by atoms with Crippen LogP contribution in [0.25, 0.3) is 0 Å². The van der Waals surface area contributed by atoms with E-state index in [4.69, 9.17) is 0 Å². The quantitative estimate of drug-likeness (QED) is 0.789. The lowest BCUT2D eigenvalue weighted by Gasteiger charge is -2.13. The molecule has 0 saturated carbocycles. The second kappa shape index (κ2) is 4.67. The van der Waals surface area contributed by atoms with Gasteiger partial charge in [0.2, 0.25) is 0 Å². The zero-order valence-electron chi connectivity index (χ0n) is 9.64. The third-order valence-electron chi connectivity index (χ3n) is 3.14. The molecule has 2 N–H and O–H groups in total. The summed E-state index contributed by atoms with van der Waals surface area (Å²) in [6.07, 6.45) is 1.30. The summed E-state index contributed by atoms with van der Waals surface area (Å²) in [7, 11) is 0. The number of nitrogens with one attached hydrogen (secondary N) is 2. The lowest BCUT2D eigenvalue weighted by Crippen LogP contribution is -2.17. The molecule has 1 saturated heterocycles. The average Bonchev–Trinajstić information content (AvgIpc) is 2.72. The fourth-order valence-electron chi connectivity index (χ4n) is 2.07. The molecule has 1 aromatic rings. The van der Waals surface area contributed by atoms with Crippen molar-refractivity contribution in [2.45, 2.75) is 20.3 Å². The van der Waals surface area contributed by atoms with Crippen LogP contribution in [-0.4, -0.2) is 19.6 Å². The Bertz CT molecular complexity index is 327. The second-order valence-electron chi connectivity index (χ2n) is 4.56. The van der Waals surface area contributed by atoms with E-state index in [1.807, 2.05) is 0 Å². The van der Waals surface area contributed by atoms with E-state index < -0.39 is 0 Å². The van der Waals surface area contributed by atoms with Gasteiger partial charge in [-0.05, 0) is 56.5 Å². The van der Waals surface area contributed by atoms with Gasteiger partial charge < -0.3 is 10.6 Å². The summed E-state index contributed by atoms with van der Waals surface area (Å²) in [6.45, 7) is 7.74. The molecular weight excluding hydrogens is 184 g/mol. The van der Waals surface area contributed by atoms with Crippen molar-refractivity contribution < 1.29 is 0 Å². The molecule has 1 atom stereocenters. The molecule has 0 spiro atoms. The van der Waals surface area contributed by atoms with Crippen LogP contribution in [0.3, 0.4) is 0 Å². The second-order valence-corrected chi connectivity index (χ2v) is 4.56. The molecule has 0 aliphatic carbocycles. The lowest BCUT2D eigenvalue weighted by molar-refractivity contribution is 0.615. The highest BCUT2D eigenvalue weighted by molar-refractivity contribution is 5.52. The van der Waals surface area contributed by atoms with Gasteiger partial charge in [-0.1, -0.05) is 12.1 Å². The Kier molecular flexibility index (Phi) is 3.27. The number of rotatable bonds is 3. The number of aryl methyl sites for hydroxylation is 2. The van der Waals surface area contributed by atoms with Crippen LogP contribution in [0.4, 0.5) is 5.69 Å². The first-order valence-electron chi connectivity index (χ1n) is 5.77. The summed E-state index contributed by atoms with van der Waals surface area (Å²) in [5, 5.41) is 6.95. The van der Waals surface area contributed by atoms with E-state index in [0.29, 0.717) is 0 Å². The Hall–Kier alpha value is -1.02. The molecule has 1 aromatic carbocycles. The van der Waals surface area contributed by atoms with Crippen molar-refractivity contribution in [1.29, 1.82) is 0 Å². The van der Waals surface area contributed by atoms with Crippen molar-refractivity contribution in [1.82, 2.24) is 5.32 Å². The van der Waals surface area contributed by atoms with Gasteiger partial charge in [-0.3, -0.25) is 0 Å². The van der Waals surface area contributed by atoms with Gasteiger partial charge in [0.05, 0.1) is 0 Å². The minimum Gasteiger partial charge on any atom is -0.384 e. The topological polar surface area (TPSA) is 24.1 Å². The monoisotopic (exact) mass is 204 g/mol. The summed E-state index contributed by atoms with van der Waals surface area (Å²) >= 11 is 0. The highest BCUT2D eigenvalue weighted by atomic mass is 14.9. The van der Waals surface area contributed by atoms with Crippen LogP contribution >= 0.6 is 0 Å². The van der Waals surface area contributed by atoms with Crippen LogP contribution in [0, 0.1) is 19.8 Å². The van der Waals surface area contributed by atoms with E-state index >= 15 is 0 Å². The molecule has 1 heterocycles. The molecule has 2 heteroatoms. The Morgan fingerprint density at radius 3 is 3.00 bits per heavy atom. The minimum absolute atomic E-state index is 0.796. The Labute approximate surface area is 92.1 Å². The van der Waals surface area contributed by atoms with E-state index in [1.165, 1.54) is 29.8 Å². The molecule has 2 nitrogen and oxygen atoms in total. The molecule has 1 unspecified atom stereocenters. The number of hydrogen-bond acceptors (Lipinski definition) is 2. The van der Waals surface area contributed by atoms with Gasteiger partial charge >= 0.3 is 0 Å². The Morgan fingerprint density at radius 2 is 2.27 bits per heavy atom. The van der Waals surface area contributed by atoms with Crippen molar-refractivity contribution in [2.75, 3.05) is 25.0 Å². The van der Waals surface area contributed by atoms with Crippen LogP contribution < -0.4 is 10.6 Å². The predicted octanol–water partition coefficient (Wildman–Crippen LogP) is 2.32. The SMILES string of the molecule is Cc1ccc(C)c(NCC2CCNC2)c1. The first-order chi connectivity index (χ1) is 7.25. The molecule has 15 heavy (non-hydrogen) atoms. The van der Waals surface area contributed by atoms with Crippen LogP contribution in [0.2, 0.25) is 0 Å². The zero-order chi connectivity index (χ0) is 10.7. The molecular formula is C13H20N2. The summed E-state index contributed by atoms with van der Waals surface area (Å²) in [5.74, 6) is 0.796. The fraction of sp³-hybridized carbons (Fsp3) is 0.538. The van der Waals surface area contributed by atoms with Gasteiger partial charge in [0.25, 0.3) is 0 Å². The highest BCUT2D eigenvalue weighted by Crippen LogP contribution is 2.17. The largest absolute Gasteiger partial charge is 0.384 e. The molecule has 0 amide bonds. The van der Waals surface area contributed by atoms with Crippen LogP contribution in [0.1, 0.15) is 17.5 Å². The minimum atomic E-state index is 0.796. The van der Waals surface area contributed by atoms with Crippen molar-refractivity contribution in [2.24, 2.45) is 5.92 Å². The predicted molar refractivity (Wildman–Crippen MR) is 65.4 cm³/mol. The maximum absolute atomic E-state index is 3.56. The Balaban J connectivity index is 1.94. The van der Waals surface area contributed by atoms with Gasteiger partial charge in [-0.2, -0.15) is 0 Å². The van der Waals surface area contributed by atoms with E-state index in [2.05, 4.69) is 42.7 Å². The normalized spacial score (nSPS) is 20.5. The van der Waals surface area contributed by atoms with Gasteiger partial charge in [-0.25, -0.2) is 0 Å². The molecule has 82 valence electrons. The van der Waals surface area contributed by atoms with E-state index in [-0.39, 0.29) is 0 Å². The van der Waals surface area contributed by atoms with Crippen molar-refractivity contribution in [3.8, 4) is 0 Å². The molecule has 2 rings (SSSR count). The van der Waals surface area contributed by atoms with E-state index in [0.717, 1.165) is 19.0 Å². The van der Waals surface area contributed by atoms with Crippen LogP contribution in [0.5, 0.6) is 0 Å². The third kappa shape index (κ3) is 2.72. The van der Waals surface area contributed by atoms with E-state index in [1.54, 1.807) is 0 Å². The highest BCUT2D eigenvalue weighted by Gasteiger charge is 2.13. The first-order valence-corrected chi connectivity index (χ1v) is 5.77. The van der Waals surface area contributed by atoms with Crippen molar-refractivity contribution in [3.63, 3.8) is 0 Å². The van der Waals surface area contributed by atoms with Gasteiger partial charge in [0.1, 0.15) is 0 Å². The number of hydrogen-bond donors (Lipinski definition) is 2. The van der Waals surface area contributed by atoms with Gasteiger partial charge in [-0.15, -0.1) is 0 Å². The lowest BCUT2D eigenvalue weighted by atomic mass is 10.1. The molecule has 1 aliphatic rings. The van der Waals surface area contributed by atoms with E-state index in [9.17, 15) is 0 Å². The molecule has 1 aliphatic heterocycles. The first kappa shape index (κ1) is 10.5. The maximum Gasteiger partial charge on any atom is 0.0372 e. The maximum atomic E-state index is 3.56.